The number of halogens is 3. The van der Waals surface area contributed by atoms with Gasteiger partial charge in [0.15, 0.2) is 21.3 Å². The second-order valence-corrected chi connectivity index (χ2v) is 9.03. The van der Waals surface area contributed by atoms with Crippen LogP contribution in [0.2, 0.25) is 0 Å². The Morgan fingerprint density at radius 2 is 1.89 bits per heavy atom. The van der Waals surface area contributed by atoms with Crippen molar-refractivity contribution < 1.29 is 21.6 Å². The van der Waals surface area contributed by atoms with Crippen LogP contribution < -0.4 is 0 Å². The molecule has 0 aliphatic heterocycles. The molecule has 0 radical (unpaired) electrons. The lowest BCUT2D eigenvalue weighted by atomic mass is 10.2. The molecule has 0 spiro atoms. The van der Waals surface area contributed by atoms with Gasteiger partial charge in [0, 0.05) is 13.2 Å². The van der Waals surface area contributed by atoms with Crippen LogP contribution in [-0.4, -0.2) is 38.7 Å². The molecular formula is C16H12F3N5O2S2. The van der Waals surface area contributed by atoms with Crippen molar-refractivity contribution in [1.82, 2.24) is 24.5 Å². The highest BCUT2D eigenvalue weighted by molar-refractivity contribution is 7.91. The van der Waals surface area contributed by atoms with Crippen LogP contribution in [0.4, 0.5) is 13.2 Å². The van der Waals surface area contributed by atoms with Crippen LogP contribution in [0, 0.1) is 0 Å². The van der Waals surface area contributed by atoms with E-state index in [-0.39, 0.29) is 33.3 Å². The monoisotopic (exact) mass is 427 g/mol. The molecule has 0 N–H and O–H groups in total. The van der Waals surface area contributed by atoms with Crippen molar-refractivity contribution in [2.24, 2.45) is 7.05 Å². The predicted molar refractivity (Wildman–Crippen MR) is 97.6 cm³/mol. The molecule has 0 atom stereocenters. The van der Waals surface area contributed by atoms with Gasteiger partial charge in [0.25, 0.3) is 0 Å². The number of nitrogens with zero attached hydrogens (tertiary/aromatic N) is 5. The van der Waals surface area contributed by atoms with E-state index in [0.29, 0.717) is 10.2 Å². The molecule has 0 saturated heterocycles. The fraction of sp³-hybridized carbons (Fsp3) is 0.250. The Labute approximate surface area is 160 Å². The van der Waals surface area contributed by atoms with Gasteiger partial charge in [-0.3, -0.25) is 0 Å². The molecule has 4 heterocycles. The van der Waals surface area contributed by atoms with Crippen molar-refractivity contribution in [1.29, 1.82) is 0 Å². The molecule has 0 amide bonds. The van der Waals surface area contributed by atoms with Crippen LogP contribution in [0.3, 0.4) is 0 Å². The van der Waals surface area contributed by atoms with Gasteiger partial charge in [0.05, 0.1) is 27.7 Å². The average Bonchev–Trinajstić information content (AvgIpc) is 3.24. The van der Waals surface area contributed by atoms with Gasteiger partial charge in [-0.15, -0.1) is 11.3 Å². The topological polar surface area (TPSA) is 90.6 Å². The molecule has 12 heteroatoms. The minimum Gasteiger partial charge on any atom is -0.310 e. The Kier molecular flexibility index (Phi) is 4.16. The molecule has 28 heavy (non-hydrogen) atoms. The van der Waals surface area contributed by atoms with E-state index < -0.39 is 21.6 Å². The molecule has 4 rings (SSSR count). The Bertz CT molecular complexity index is 1330. The average molecular weight is 427 g/mol. The number of thiazole rings is 1. The molecule has 4 aromatic rings. The van der Waals surface area contributed by atoms with Gasteiger partial charge < -0.3 is 4.57 Å². The van der Waals surface area contributed by atoms with Gasteiger partial charge in [-0.2, -0.15) is 13.2 Å². The first-order valence-electron chi connectivity index (χ1n) is 7.98. The van der Waals surface area contributed by atoms with Gasteiger partial charge in [0.1, 0.15) is 21.6 Å². The molecule has 146 valence electrons. The summed E-state index contributed by atoms with van der Waals surface area (Å²) in [5.74, 6) is -0.0526. The van der Waals surface area contributed by atoms with Crippen molar-refractivity contribution in [3.63, 3.8) is 0 Å². The Hall–Kier alpha value is -2.60. The minimum atomic E-state index is -4.56. The maximum atomic E-state index is 13.0. The van der Waals surface area contributed by atoms with Crippen LogP contribution in [-0.2, 0) is 23.1 Å². The number of imidazole rings is 1. The molecule has 0 unspecified atom stereocenters. The van der Waals surface area contributed by atoms with E-state index in [4.69, 9.17) is 0 Å². The van der Waals surface area contributed by atoms with E-state index in [1.807, 2.05) is 0 Å². The maximum absolute atomic E-state index is 13.0. The molecular weight excluding hydrogens is 415 g/mol. The summed E-state index contributed by atoms with van der Waals surface area (Å²) in [6.45, 7) is 1.51. The number of pyridine rings is 2. The van der Waals surface area contributed by atoms with E-state index in [1.165, 1.54) is 23.2 Å². The van der Waals surface area contributed by atoms with Crippen molar-refractivity contribution in [3.05, 3.63) is 29.5 Å². The molecule has 0 aromatic carbocycles. The van der Waals surface area contributed by atoms with Crippen LogP contribution >= 0.6 is 11.3 Å². The van der Waals surface area contributed by atoms with Gasteiger partial charge in [-0.05, 0) is 6.07 Å². The zero-order valence-corrected chi connectivity index (χ0v) is 16.2. The van der Waals surface area contributed by atoms with Crippen molar-refractivity contribution >= 4 is 42.6 Å². The maximum Gasteiger partial charge on any atom is 0.417 e. The van der Waals surface area contributed by atoms with E-state index in [1.54, 1.807) is 7.05 Å². The highest BCUT2D eigenvalue weighted by atomic mass is 32.2. The fourth-order valence-corrected chi connectivity index (χ4v) is 5.18. The second-order valence-electron chi connectivity index (χ2n) is 5.96. The van der Waals surface area contributed by atoms with Crippen molar-refractivity contribution in [3.8, 4) is 11.5 Å². The third-order valence-electron chi connectivity index (χ3n) is 4.27. The smallest absolute Gasteiger partial charge is 0.310 e. The van der Waals surface area contributed by atoms with Crippen molar-refractivity contribution in [2.45, 2.75) is 18.0 Å². The Morgan fingerprint density at radius 1 is 1.14 bits per heavy atom. The number of hydrogen-bond acceptors (Lipinski definition) is 7. The van der Waals surface area contributed by atoms with E-state index in [0.717, 1.165) is 23.6 Å². The van der Waals surface area contributed by atoms with Crippen LogP contribution in [0.1, 0.15) is 12.5 Å². The highest BCUT2D eigenvalue weighted by Gasteiger charge is 2.32. The molecule has 7 nitrogen and oxygen atoms in total. The number of fused-ring (bicyclic) bond motifs is 2. The zero-order chi connectivity index (χ0) is 20.3. The van der Waals surface area contributed by atoms with E-state index in [9.17, 15) is 21.6 Å². The molecule has 0 aliphatic carbocycles. The summed E-state index contributed by atoms with van der Waals surface area (Å²) in [5, 5.41) is 0. The number of aromatic nitrogens is 5. The first-order chi connectivity index (χ1) is 13.1. The summed E-state index contributed by atoms with van der Waals surface area (Å²) in [6, 6.07) is 0.880. The zero-order valence-electron chi connectivity index (χ0n) is 14.5. The van der Waals surface area contributed by atoms with Gasteiger partial charge in [-0.1, -0.05) is 6.92 Å². The van der Waals surface area contributed by atoms with Crippen LogP contribution in [0.25, 0.3) is 32.9 Å². The lowest BCUT2D eigenvalue weighted by Gasteiger charge is -2.09. The van der Waals surface area contributed by atoms with Crippen LogP contribution in [0.5, 0.6) is 0 Å². The second kappa shape index (κ2) is 6.21. The van der Waals surface area contributed by atoms with Gasteiger partial charge in [0.2, 0.25) is 0 Å². The molecule has 0 aliphatic rings. The highest BCUT2D eigenvalue weighted by Crippen LogP contribution is 2.36. The first kappa shape index (κ1) is 18.7. The SMILES string of the molecule is CCS(=O)(=O)c1c(-c2nc3cc(C(F)(F)F)cnc3n2C)ncc2ncsc12. The van der Waals surface area contributed by atoms with Gasteiger partial charge >= 0.3 is 6.18 Å². The number of alkyl halides is 3. The lowest BCUT2D eigenvalue weighted by molar-refractivity contribution is -0.137. The summed E-state index contributed by atoms with van der Waals surface area (Å²) >= 11 is 1.15. The molecule has 0 fully saturated rings. The summed E-state index contributed by atoms with van der Waals surface area (Å²) in [6.07, 6.45) is -2.42. The molecule has 0 saturated carbocycles. The van der Waals surface area contributed by atoms with E-state index >= 15 is 0 Å². The fourth-order valence-electron chi connectivity index (χ4n) is 2.84. The number of aryl methyl sites for hydroxylation is 1. The summed E-state index contributed by atoms with van der Waals surface area (Å²) in [4.78, 5) is 16.4. The largest absolute Gasteiger partial charge is 0.417 e. The third kappa shape index (κ3) is 2.83. The third-order valence-corrected chi connectivity index (χ3v) is 7.04. The molecule has 4 aromatic heterocycles. The minimum absolute atomic E-state index is 0.00151. The number of sulfone groups is 1. The van der Waals surface area contributed by atoms with E-state index in [2.05, 4.69) is 19.9 Å². The quantitative estimate of drug-likeness (QED) is 0.497. The number of hydrogen-bond donors (Lipinski definition) is 0. The first-order valence-corrected chi connectivity index (χ1v) is 10.5. The lowest BCUT2D eigenvalue weighted by Crippen LogP contribution is -2.09. The Balaban J connectivity index is 2.04. The normalized spacial score (nSPS) is 12.9. The number of rotatable bonds is 3. The van der Waals surface area contributed by atoms with Gasteiger partial charge in [-0.25, -0.2) is 28.4 Å². The van der Waals surface area contributed by atoms with Crippen LogP contribution in [0.15, 0.2) is 28.9 Å². The predicted octanol–water partition coefficient (Wildman–Crippen LogP) is 3.45. The summed E-state index contributed by atoms with van der Waals surface area (Å²) in [5.41, 5.74) is 1.26. The summed E-state index contributed by atoms with van der Waals surface area (Å²) in [7, 11) is -2.16. The van der Waals surface area contributed by atoms with Crippen molar-refractivity contribution in [2.75, 3.05) is 5.75 Å². The molecule has 0 bridgehead atoms. The Morgan fingerprint density at radius 3 is 2.57 bits per heavy atom. The summed E-state index contributed by atoms with van der Waals surface area (Å²) < 4.78 is 66.3. The standard InChI is InChI=1S/C16H12F3N5O2S2/c1-3-28(25,26)13-11(20-6-10-12(13)27-7-22-10)15-23-9-4-8(16(17,18)19)5-21-14(9)24(15)2/h4-7H,3H2,1-2H3.